The average molecular weight is 359 g/mol. The number of ether oxygens (including phenoxy) is 1. The molecule has 0 unspecified atom stereocenters. The molecule has 3 aromatic rings. The minimum atomic E-state index is 0.413. The molecule has 0 aromatic carbocycles. The molecule has 140 valence electrons. The molecule has 0 atom stereocenters. The van der Waals surface area contributed by atoms with Crippen molar-refractivity contribution in [2.45, 2.75) is 40.4 Å². The van der Waals surface area contributed by atoms with Gasteiger partial charge < -0.3 is 13.6 Å². The van der Waals surface area contributed by atoms with Gasteiger partial charge in [0.05, 0.1) is 31.7 Å². The molecule has 0 aliphatic rings. The van der Waals surface area contributed by atoms with Gasteiger partial charge in [0, 0.05) is 30.5 Å². The van der Waals surface area contributed by atoms with Crippen LogP contribution in [0.1, 0.15) is 28.4 Å². The van der Waals surface area contributed by atoms with Crippen LogP contribution < -0.4 is 0 Å². The zero-order valence-corrected chi connectivity index (χ0v) is 15.9. The van der Waals surface area contributed by atoms with Crippen molar-refractivity contribution in [1.29, 1.82) is 0 Å². The summed E-state index contributed by atoms with van der Waals surface area (Å²) in [5, 5.41) is 12.8. The first-order valence-corrected chi connectivity index (χ1v) is 8.56. The molecule has 3 aromatic heterocycles. The molecule has 8 nitrogen and oxygen atoms in total. The van der Waals surface area contributed by atoms with Crippen LogP contribution in [0.2, 0.25) is 0 Å². The van der Waals surface area contributed by atoms with Crippen molar-refractivity contribution in [3.05, 3.63) is 40.7 Å². The number of nitrogens with zero attached hydrogens (tertiary/aromatic N) is 5. The normalized spacial score (nSPS) is 11.6. The topological polar surface area (TPSA) is 82.4 Å². The SMILES string of the molecule is COCCn1nc(C)c(CN(C)Cc2nnc(-c3occc3C)o2)c1C. The first-order chi connectivity index (χ1) is 12.5. The molecular formula is C18H25N5O3. The third-order valence-electron chi connectivity index (χ3n) is 4.39. The van der Waals surface area contributed by atoms with Crippen LogP contribution >= 0.6 is 0 Å². The van der Waals surface area contributed by atoms with Gasteiger partial charge in [0.1, 0.15) is 0 Å². The molecule has 0 aliphatic carbocycles. The molecule has 0 radical (unpaired) electrons. The third kappa shape index (κ3) is 3.86. The number of aryl methyl sites for hydroxylation is 2. The van der Waals surface area contributed by atoms with Crippen molar-refractivity contribution in [1.82, 2.24) is 24.9 Å². The molecule has 0 fully saturated rings. The lowest BCUT2D eigenvalue weighted by molar-refractivity contribution is 0.182. The maximum absolute atomic E-state index is 5.74. The lowest BCUT2D eigenvalue weighted by Gasteiger charge is -2.14. The summed E-state index contributed by atoms with van der Waals surface area (Å²) in [6, 6.07) is 1.87. The molecule has 0 aliphatic heterocycles. The van der Waals surface area contributed by atoms with E-state index in [-0.39, 0.29) is 0 Å². The van der Waals surface area contributed by atoms with Crippen molar-refractivity contribution in [3.8, 4) is 11.7 Å². The molecule has 0 saturated heterocycles. The summed E-state index contributed by atoms with van der Waals surface area (Å²) in [7, 11) is 3.72. The van der Waals surface area contributed by atoms with Crippen LogP contribution in [0.5, 0.6) is 0 Å². The van der Waals surface area contributed by atoms with Crippen LogP contribution in [0.25, 0.3) is 11.7 Å². The second kappa shape index (κ2) is 7.84. The summed E-state index contributed by atoms with van der Waals surface area (Å²) in [6.07, 6.45) is 1.62. The van der Waals surface area contributed by atoms with E-state index in [1.807, 2.05) is 31.6 Å². The molecule has 0 N–H and O–H groups in total. The molecule has 3 rings (SSSR count). The Kier molecular flexibility index (Phi) is 5.53. The Morgan fingerprint density at radius 1 is 1.19 bits per heavy atom. The van der Waals surface area contributed by atoms with Gasteiger partial charge in [-0.1, -0.05) is 0 Å². The van der Waals surface area contributed by atoms with Crippen LogP contribution in [0.3, 0.4) is 0 Å². The van der Waals surface area contributed by atoms with Gasteiger partial charge in [-0.05, 0) is 33.9 Å². The zero-order valence-electron chi connectivity index (χ0n) is 15.9. The Bertz CT molecular complexity index is 864. The Morgan fingerprint density at radius 2 is 2.00 bits per heavy atom. The van der Waals surface area contributed by atoms with Crippen molar-refractivity contribution < 1.29 is 13.6 Å². The average Bonchev–Trinajstić information content (AvgIpc) is 3.29. The number of furan rings is 1. The lowest BCUT2D eigenvalue weighted by atomic mass is 10.2. The van der Waals surface area contributed by atoms with Crippen LogP contribution in [-0.4, -0.2) is 45.6 Å². The molecule has 3 heterocycles. The summed E-state index contributed by atoms with van der Waals surface area (Å²) in [4.78, 5) is 2.13. The highest BCUT2D eigenvalue weighted by atomic mass is 16.5. The largest absolute Gasteiger partial charge is 0.459 e. The fourth-order valence-electron chi connectivity index (χ4n) is 2.92. The van der Waals surface area contributed by atoms with E-state index in [4.69, 9.17) is 13.6 Å². The van der Waals surface area contributed by atoms with Gasteiger partial charge in [-0.15, -0.1) is 10.2 Å². The lowest BCUT2D eigenvalue weighted by Crippen LogP contribution is -2.18. The van der Waals surface area contributed by atoms with Gasteiger partial charge >= 0.3 is 0 Å². The summed E-state index contributed by atoms with van der Waals surface area (Å²) >= 11 is 0. The van der Waals surface area contributed by atoms with E-state index in [9.17, 15) is 0 Å². The van der Waals surface area contributed by atoms with Crippen molar-refractivity contribution in [2.24, 2.45) is 0 Å². The number of rotatable bonds is 8. The summed E-state index contributed by atoms with van der Waals surface area (Å²) in [6.45, 7) is 8.77. The van der Waals surface area contributed by atoms with E-state index in [1.54, 1.807) is 13.4 Å². The number of methoxy groups -OCH3 is 1. The quantitative estimate of drug-likeness (QED) is 0.611. The molecule has 26 heavy (non-hydrogen) atoms. The van der Waals surface area contributed by atoms with Crippen LogP contribution in [0.15, 0.2) is 21.2 Å². The van der Waals surface area contributed by atoms with Gasteiger partial charge in [-0.3, -0.25) is 9.58 Å². The van der Waals surface area contributed by atoms with E-state index in [0.717, 1.165) is 30.0 Å². The predicted molar refractivity (Wildman–Crippen MR) is 95.5 cm³/mol. The molecule has 0 amide bonds. The second-order valence-corrected chi connectivity index (χ2v) is 6.47. The Morgan fingerprint density at radius 3 is 2.69 bits per heavy atom. The van der Waals surface area contributed by atoms with E-state index >= 15 is 0 Å². The Hall–Kier alpha value is -2.45. The van der Waals surface area contributed by atoms with Gasteiger partial charge in [-0.25, -0.2) is 0 Å². The summed E-state index contributed by atoms with van der Waals surface area (Å²) in [5.74, 6) is 1.59. The van der Waals surface area contributed by atoms with Crippen molar-refractivity contribution in [2.75, 3.05) is 20.8 Å². The second-order valence-electron chi connectivity index (χ2n) is 6.47. The fraction of sp³-hybridized carbons (Fsp3) is 0.500. The van der Waals surface area contributed by atoms with Gasteiger partial charge in [0.25, 0.3) is 5.89 Å². The number of aromatic nitrogens is 4. The summed E-state index contributed by atoms with van der Waals surface area (Å²) in [5.41, 5.74) is 4.38. The minimum Gasteiger partial charge on any atom is -0.459 e. The first kappa shape index (κ1) is 18.3. The van der Waals surface area contributed by atoms with E-state index in [0.29, 0.717) is 30.7 Å². The van der Waals surface area contributed by atoms with Crippen molar-refractivity contribution in [3.63, 3.8) is 0 Å². The fourth-order valence-corrected chi connectivity index (χ4v) is 2.92. The molecule has 8 heteroatoms. The van der Waals surface area contributed by atoms with Crippen molar-refractivity contribution >= 4 is 0 Å². The highest BCUT2D eigenvalue weighted by Gasteiger charge is 2.17. The molecular weight excluding hydrogens is 334 g/mol. The van der Waals surface area contributed by atoms with Gasteiger partial charge in [-0.2, -0.15) is 5.10 Å². The maximum Gasteiger partial charge on any atom is 0.283 e. The standard InChI is InChI=1S/C18H25N5O3/c1-12-6-8-25-17(12)18-20-19-16(26-18)11-22(4)10-15-13(2)21-23(14(15)3)7-9-24-5/h6,8H,7,9-11H2,1-5H3. The smallest absolute Gasteiger partial charge is 0.283 e. The van der Waals surface area contributed by atoms with Crippen LogP contribution in [-0.2, 0) is 24.4 Å². The third-order valence-corrected chi connectivity index (χ3v) is 4.39. The van der Waals surface area contributed by atoms with E-state index < -0.39 is 0 Å². The highest BCUT2D eigenvalue weighted by Crippen LogP contribution is 2.23. The van der Waals surface area contributed by atoms with E-state index in [2.05, 4.69) is 27.1 Å². The summed E-state index contributed by atoms with van der Waals surface area (Å²) < 4.78 is 18.3. The predicted octanol–water partition coefficient (Wildman–Crippen LogP) is 2.73. The number of hydrogen-bond acceptors (Lipinski definition) is 7. The highest BCUT2D eigenvalue weighted by molar-refractivity contribution is 5.49. The maximum atomic E-state index is 5.74. The Balaban J connectivity index is 1.66. The minimum absolute atomic E-state index is 0.413. The zero-order chi connectivity index (χ0) is 18.7. The molecule has 0 bridgehead atoms. The molecule has 0 saturated carbocycles. The van der Waals surface area contributed by atoms with Gasteiger partial charge in [0.15, 0.2) is 5.76 Å². The Labute approximate surface area is 152 Å². The van der Waals surface area contributed by atoms with E-state index in [1.165, 1.54) is 5.56 Å². The first-order valence-electron chi connectivity index (χ1n) is 8.56. The monoisotopic (exact) mass is 359 g/mol. The van der Waals surface area contributed by atoms with Gasteiger partial charge in [0.2, 0.25) is 5.89 Å². The van der Waals surface area contributed by atoms with Crippen LogP contribution in [0, 0.1) is 20.8 Å². The molecule has 0 spiro atoms. The number of hydrogen-bond donors (Lipinski definition) is 0. The van der Waals surface area contributed by atoms with Crippen LogP contribution in [0.4, 0.5) is 0 Å².